The molecule has 0 aliphatic carbocycles. The van der Waals surface area contributed by atoms with Crippen molar-refractivity contribution in [2.75, 3.05) is 37.8 Å². The summed E-state index contributed by atoms with van der Waals surface area (Å²) >= 11 is 3.61. The van der Waals surface area contributed by atoms with E-state index < -0.39 is 0 Å². The van der Waals surface area contributed by atoms with Crippen LogP contribution < -0.4 is 10.6 Å². The van der Waals surface area contributed by atoms with Gasteiger partial charge in [-0.25, -0.2) is 9.97 Å². The lowest BCUT2D eigenvalue weighted by molar-refractivity contribution is 0.356. The van der Waals surface area contributed by atoms with E-state index in [1.54, 1.807) is 6.33 Å². The lowest BCUT2D eigenvalue weighted by Gasteiger charge is -2.25. The Labute approximate surface area is 137 Å². The zero-order valence-electron chi connectivity index (χ0n) is 13.8. The highest BCUT2D eigenvalue weighted by Crippen LogP contribution is 2.27. The van der Waals surface area contributed by atoms with Gasteiger partial charge >= 0.3 is 0 Å². The van der Waals surface area contributed by atoms with Crippen molar-refractivity contribution in [3.8, 4) is 0 Å². The highest BCUT2D eigenvalue weighted by atomic mass is 79.9. The maximum Gasteiger partial charge on any atom is 0.146 e. The number of nitrogens with zero attached hydrogens (tertiary/aromatic N) is 3. The first-order valence-corrected chi connectivity index (χ1v) is 8.39. The van der Waals surface area contributed by atoms with Gasteiger partial charge in [0.25, 0.3) is 0 Å². The molecule has 0 aromatic carbocycles. The smallest absolute Gasteiger partial charge is 0.146 e. The molecule has 1 atom stereocenters. The summed E-state index contributed by atoms with van der Waals surface area (Å²) in [5.74, 6) is 2.35. The number of aromatic nitrogens is 2. The Kier molecular flexibility index (Phi) is 7.96. The molecule has 0 aliphatic rings. The van der Waals surface area contributed by atoms with E-state index in [9.17, 15) is 0 Å². The summed E-state index contributed by atoms with van der Waals surface area (Å²) in [5, 5.41) is 6.86. The first kappa shape index (κ1) is 18.2. The summed E-state index contributed by atoms with van der Waals surface area (Å²) < 4.78 is 0.908. The van der Waals surface area contributed by atoms with Gasteiger partial charge in [-0.15, -0.1) is 0 Å². The third-order valence-corrected chi connectivity index (χ3v) is 3.77. The Morgan fingerprint density at radius 1 is 1.24 bits per heavy atom. The summed E-state index contributed by atoms with van der Waals surface area (Å²) in [6.45, 7) is 8.51. The lowest BCUT2D eigenvalue weighted by atomic mass is 10.0. The Morgan fingerprint density at radius 2 is 1.90 bits per heavy atom. The van der Waals surface area contributed by atoms with E-state index in [0.29, 0.717) is 12.0 Å². The second kappa shape index (κ2) is 9.20. The van der Waals surface area contributed by atoms with Gasteiger partial charge in [-0.05, 0) is 48.8 Å². The van der Waals surface area contributed by atoms with Crippen molar-refractivity contribution in [2.24, 2.45) is 5.92 Å². The van der Waals surface area contributed by atoms with Crippen molar-refractivity contribution in [3.05, 3.63) is 10.8 Å². The van der Waals surface area contributed by atoms with Gasteiger partial charge in [0.15, 0.2) is 0 Å². The molecule has 1 unspecified atom stereocenters. The lowest BCUT2D eigenvalue weighted by Crippen LogP contribution is -2.34. The first-order valence-electron chi connectivity index (χ1n) is 7.59. The van der Waals surface area contributed by atoms with Crippen LogP contribution in [0.2, 0.25) is 0 Å². The number of rotatable bonds is 9. The zero-order chi connectivity index (χ0) is 15.8. The molecule has 6 heteroatoms. The average Bonchev–Trinajstić information content (AvgIpc) is 2.38. The molecule has 0 bridgehead atoms. The molecule has 0 fully saturated rings. The van der Waals surface area contributed by atoms with Crippen molar-refractivity contribution in [2.45, 2.75) is 39.7 Å². The molecule has 2 N–H and O–H groups in total. The Morgan fingerprint density at radius 3 is 2.48 bits per heavy atom. The van der Waals surface area contributed by atoms with E-state index in [4.69, 9.17) is 0 Å². The maximum atomic E-state index is 4.37. The molecule has 1 heterocycles. The van der Waals surface area contributed by atoms with E-state index in [1.807, 2.05) is 0 Å². The van der Waals surface area contributed by atoms with Crippen LogP contribution in [0.15, 0.2) is 10.8 Å². The second-order valence-corrected chi connectivity index (χ2v) is 6.84. The average molecular weight is 358 g/mol. The van der Waals surface area contributed by atoms with Crippen molar-refractivity contribution in [3.63, 3.8) is 0 Å². The van der Waals surface area contributed by atoms with Gasteiger partial charge in [0.1, 0.15) is 22.4 Å². The quantitative estimate of drug-likeness (QED) is 0.708. The maximum absolute atomic E-state index is 4.37. The Hall–Kier alpha value is -0.880. The second-order valence-electron chi connectivity index (χ2n) is 6.04. The van der Waals surface area contributed by atoms with Crippen LogP contribution in [0, 0.1) is 5.92 Å². The summed E-state index contributed by atoms with van der Waals surface area (Å²) in [6, 6.07) is 0.366. The molecule has 1 aromatic rings. The van der Waals surface area contributed by atoms with Crippen LogP contribution in [-0.4, -0.2) is 48.1 Å². The Bertz CT molecular complexity index is 413. The minimum Gasteiger partial charge on any atom is -0.369 e. The molecule has 5 nitrogen and oxygen atoms in total. The standard InChI is InChI=1S/C15H28BrN5/c1-6-7-17-14-13(16)15(19-10-18-14)20-12(8-11(2)3)9-21(4)5/h10-12H,6-9H2,1-5H3,(H2,17,18,19,20). The minimum atomic E-state index is 0.366. The largest absolute Gasteiger partial charge is 0.369 e. The van der Waals surface area contributed by atoms with Gasteiger partial charge in [-0.1, -0.05) is 20.8 Å². The van der Waals surface area contributed by atoms with Crippen molar-refractivity contribution in [1.82, 2.24) is 14.9 Å². The SMILES string of the molecule is CCCNc1ncnc(NC(CC(C)C)CN(C)C)c1Br. The van der Waals surface area contributed by atoms with Crippen LogP contribution >= 0.6 is 15.9 Å². The molecule has 0 spiro atoms. The van der Waals surface area contributed by atoms with Crippen molar-refractivity contribution in [1.29, 1.82) is 0 Å². The fourth-order valence-corrected chi connectivity index (χ4v) is 2.68. The fourth-order valence-electron chi connectivity index (χ4n) is 2.22. The molecular formula is C15H28BrN5. The molecule has 0 radical (unpaired) electrons. The highest BCUT2D eigenvalue weighted by Gasteiger charge is 2.16. The van der Waals surface area contributed by atoms with Crippen LogP contribution in [0.1, 0.15) is 33.6 Å². The molecule has 120 valence electrons. The molecular weight excluding hydrogens is 330 g/mol. The van der Waals surface area contributed by atoms with Crippen LogP contribution in [0.25, 0.3) is 0 Å². The highest BCUT2D eigenvalue weighted by molar-refractivity contribution is 9.10. The number of nitrogens with one attached hydrogen (secondary N) is 2. The van der Waals surface area contributed by atoms with Crippen LogP contribution in [0.5, 0.6) is 0 Å². The normalized spacial score (nSPS) is 12.8. The summed E-state index contributed by atoms with van der Waals surface area (Å²) in [7, 11) is 4.19. The Balaban J connectivity index is 2.82. The molecule has 1 rings (SSSR count). The van der Waals surface area contributed by atoms with Gasteiger partial charge in [-0.2, -0.15) is 0 Å². The molecule has 21 heavy (non-hydrogen) atoms. The third kappa shape index (κ3) is 6.61. The molecule has 0 saturated carbocycles. The van der Waals surface area contributed by atoms with Crippen LogP contribution in [-0.2, 0) is 0 Å². The van der Waals surface area contributed by atoms with E-state index in [-0.39, 0.29) is 0 Å². The molecule has 1 aromatic heterocycles. The fraction of sp³-hybridized carbons (Fsp3) is 0.733. The minimum absolute atomic E-state index is 0.366. The zero-order valence-corrected chi connectivity index (χ0v) is 15.4. The third-order valence-electron chi connectivity index (χ3n) is 3.01. The molecule has 0 amide bonds. The van der Waals surface area contributed by atoms with Gasteiger partial charge < -0.3 is 15.5 Å². The number of halogens is 1. The number of hydrogen-bond acceptors (Lipinski definition) is 5. The van der Waals surface area contributed by atoms with Gasteiger partial charge in [0.05, 0.1) is 0 Å². The summed E-state index contributed by atoms with van der Waals surface area (Å²) in [4.78, 5) is 10.9. The summed E-state index contributed by atoms with van der Waals surface area (Å²) in [5.41, 5.74) is 0. The number of anilines is 2. The first-order chi connectivity index (χ1) is 9.93. The summed E-state index contributed by atoms with van der Waals surface area (Å²) in [6.07, 6.45) is 3.77. The monoisotopic (exact) mass is 357 g/mol. The predicted molar refractivity (Wildman–Crippen MR) is 93.9 cm³/mol. The predicted octanol–water partition coefficient (Wildman–Crippen LogP) is 3.45. The van der Waals surface area contributed by atoms with Gasteiger partial charge in [0.2, 0.25) is 0 Å². The number of hydrogen-bond donors (Lipinski definition) is 2. The van der Waals surface area contributed by atoms with E-state index >= 15 is 0 Å². The van der Waals surface area contributed by atoms with Crippen molar-refractivity contribution >= 4 is 27.6 Å². The van der Waals surface area contributed by atoms with Crippen LogP contribution in [0.3, 0.4) is 0 Å². The molecule has 0 aliphatic heterocycles. The van der Waals surface area contributed by atoms with Gasteiger partial charge in [-0.3, -0.25) is 0 Å². The van der Waals surface area contributed by atoms with E-state index in [1.165, 1.54) is 0 Å². The number of likely N-dealkylation sites (N-methyl/N-ethyl adjacent to an activating group) is 1. The van der Waals surface area contributed by atoms with Crippen LogP contribution in [0.4, 0.5) is 11.6 Å². The van der Waals surface area contributed by atoms with Gasteiger partial charge in [0, 0.05) is 19.1 Å². The topological polar surface area (TPSA) is 53.1 Å². The van der Waals surface area contributed by atoms with E-state index in [0.717, 1.165) is 42.0 Å². The van der Waals surface area contributed by atoms with Crippen molar-refractivity contribution < 1.29 is 0 Å². The van der Waals surface area contributed by atoms with E-state index in [2.05, 4.69) is 76.3 Å². The molecule has 0 saturated heterocycles.